The summed E-state index contributed by atoms with van der Waals surface area (Å²) in [5, 5.41) is 2.86. The van der Waals surface area contributed by atoms with Crippen molar-refractivity contribution in [2.45, 2.75) is 18.3 Å². The van der Waals surface area contributed by atoms with Crippen molar-refractivity contribution in [2.24, 2.45) is 0 Å². The first-order valence-electron chi connectivity index (χ1n) is 5.44. The van der Waals surface area contributed by atoms with Crippen LogP contribution in [0.1, 0.15) is 17.8 Å². The molecule has 0 radical (unpaired) electrons. The summed E-state index contributed by atoms with van der Waals surface area (Å²) >= 11 is 1.54. The van der Waals surface area contributed by atoms with Crippen LogP contribution < -0.4 is 0 Å². The molecule has 0 unspecified atom stereocenters. The Balaban J connectivity index is 1.94. The number of methoxy groups -OCH3 is 1. The summed E-state index contributed by atoms with van der Waals surface area (Å²) < 4.78 is 4.85. The lowest BCUT2D eigenvalue weighted by Gasteiger charge is -2.08. The zero-order valence-electron chi connectivity index (χ0n) is 9.40. The molecular formula is C12H12N2O2S. The predicted octanol–water partition coefficient (Wildman–Crippen LogP) is 2.34. The number of carbonyl (C=O) groups is 1. The third-order valence-corrected chi connectivity index (χ3v) is 4.18. The normalized spacial score (nSPS) is 16.8. The molecule has 2 heterocycles. The van der Waals surface area contributed by atoms with E-state index in [4.69, 9.17) is 4.74 Å². The number of nitrogens with zero attached hydrogens (tertiary/aromatic N) is 1. The minimum atomic E-state index is -0.450. The summed E-state index contributed by atoms with van der Waals surface area (Å²) in [4.78, 5) is 19.3. The van der Waals surface area contributed by atoms with Crippen LogP contribution in [0.5, 0.6) is 0 Å². The van der Waals surface area contributed by atoms with Gasteiger partial charge in [0.1, 0.15) is 10.4 Å². The minimum absolute atomic E-state index is 0.160. The number of thiazole rings is 1. The number of aromatic nitrogens is 2. The van der Waals surface area contributed by atoms with Crippen molar-refractivity contribution in [3.05, 3.63) is 28.8 Å². The van der Waals surface area contributed by atoms with Gasteiger partial charge in [-0.15, -0.1) is 11.3 Å². The van der Waals surface area contributed by atoms with Crippen LogP contribution in [0.15, 0.2) is 23.8 Å². The summed E-state index contributed by atoms with van der Waals surface area (Å²) in [6.45, 7) is 0. The van der Waals surface area contributed by atoms with Crippen molar-refractivity contribution >= 4 is 17.3 Å². The number of carbonyl (C=O) groups excluding carboxylic acids is 1. The number of hydrogen-bond acceptors (Lipinski definition) is 4. The summed E-state index contributed by atoms with van der Waals surface area (Å²) in [7, 11) is 1.43. The molecule has 0 aliphatic heterocycles. The second-order valence-electron chi connectivity index (χ2n) is 4.21. The number of nitrogens with one attached hydrogen (secondary N) is 1. The summed E-state index contributed by atoms with van der Waals surface area (Å²) in [6.07, 6.45) is 5.46. The molecule has 0 amide bonds. The minimum Gasteiger partial charge on any atom is -0.468 e. The van der Waals surface area contributed by atoms with E-state index in [1.54, 1.807) is 0 Å². The van der Waals surface area contributed by atoms with Gasteiger partial charge in [-0.05, 0) is 18.9 Å². The van der Waals surface area contributed by atoms with E-state index in [2.05, 4.69) is 9.97 Å². The number of H-pyrrole nitrogens is 1. The van der Waals surface area contributed by atoms with E-state index in [-0.39, 0.29) is 5.97 Å². The monoisotopic (exact) mass is 248 g/mol. The van der Waals surface area contributed by atoms with E-state index >= 15 is 0 Å². The lowest BCUT2D eigenvalue weighted by molar-refractivity contribution is -0.143. The van der Waals surface area contributed by atoms with Gasteiger partial charge >= 0.3 is 5.97 Å². The first kappa shape index (κ1) is 10.5. The average Bonchev–Trinajstić information content (AvgIpc) is 2.84. The van der Waals surface area contributed by atoms with Crippen LogP contribution in [0.2, 0.25) is 0 Å². The molecule has 88 valence electrons. The maximum atomic E-state index is 11.7. The zero-order chi connectivity index (χ0) is 11.9. The fourth-order valence-corrected chi connectivity index (χ4v) is 3.01. The Morgan fingerprint density at radius 3 is 3.00 bits per heavy atom. The third-order valence-electron chi connectivity index (χ3n) is 3.13. The van der Waals surface area contributed by atoms with Gasteiger partial charge in [0.2, 0.25) is 0 Å². The SMILES string of the molecule is COC(=O)C1(c2nc(-c3cc[nH]c3)cs2)CC1. The van der Waals surface area contributed by atoms with E-state index < -0.39 is 5.41 Å². The molecular weight excluding hydrogens is 236 g/mol. The molecule has 3 rings (SSSR count). The van der Waals surface area contributed by atoms with Gasteiger partial charge in [-0.25, -0.2) is 4.98 Å². The Kier molecular flexibility index (Phi) is 2.29. The molecule has 0 saturated heterocycles. The van der Waals surface area contributed by atoms with Crippen LogP contribution in [0.3, 0.4) is 0 Å². The molecule has 0 bridgehead atoms. The number of aromatic amines is 1. The Hall–Kier alpha value is -1.62. The highest BCUT2D eigenvalue weighted by atomic mass is 32.1. The van der Waals surface area contributed by atoms with Crippen LogP contribution >= 0.6 is 11.3 Å². The van der Waals surface area contributed by atoms with Gasteiger partial charge in [-0.3, -0.25) is 4.79 Å². The molecule has 1 N–H and O–H groups in total. The Bertz CT molecular complexity index is 541. The Morgan fingerprint density at radius 2 is 2.41 bits per heavy atom. The van der Waals surface area contributed by atoms with E-state index in [0.717, 1.165) is 29.1 Å². The lowest BCUT2D eigenvalue weighted by Crippen LogP contribution is -2.21. The summed E-state index contributed by atoms with van der Waals surface area (Å²) in [5.74, 6) is -0.160. The molecule has 0 atom stereocenters. The molecule has 1 fully saturated rings. The largest absolute Gasteiger partial charge is 0.468 e. The number of ether oxygens (including phenoxy) is 1. The predicted molar refractivity (Wildman–Crippen MR) is 64.8 cm³/mol. The maximum absolute atomic E-state index is 11.7. The first-order chi connectivity index (χ1) is 8.26. The van der Waals surface area contributed by atoms with Crippen molar-refractivity contribution in [3.8, 4) is 11.3 Å². The van der Waals surface area contributed by atoms with E-state index in [0.29, 0.717) is 0 Å². The highest BCUT2D eigenvalue weighted by molar-refractivity contribution is 7.10. The van der Waals surface area contributed by atoms with Crippen LogP contribution in [0.4, 0.5) is 0 Å². The Labute approximate surface area is 103 Å². The third kappa shape index (κ3) is 1.58. The highest BCUT2D eigenvalue weighted by Crippen LogP contribution is 2.50. The van der Waals surface area contributed by atoms with Crippen LogP contribution in [0, 0.1) is 0 Å². The second kappa shape index (κ2) is 3.70. The summed E-state index contributed by atoms with van der Waals surface area (Å²) in [5.41, 5.74) is 1.52. The van der Waals surface area contributed by atoms with Crippen molar-refractivity contribution < 1.29 is 9.53 Å². The van der Waals surface area contributed by atoms with Crippen molar-refractivity contribution in [2.75, 3.05) is 7.11 Å². The Morgan fingerprint density at radius 1 is 1.59 bits per heavy atom. The lowest BCUT2D eigenvalue weighted by atomic mass is 10.1. The van der Waals surface area contributed by atoms with Crippen molar-refractivity contribution in [3.63, 3.8) is 0 Å². The van der Waals surface area contributed by atoms with Crippen LogP contribution in [0.25, 0.3) is 11.3 Å². The topological polar surface area (TPSA) is 55.0 Å². The van der Waals surface area contributed by atoms with E-state index in [1.807, 2.05) is 23.8 Å². The quantitative estimate of drug-likeness (QED) is 0.848. The summed E-state index contributed by atoms with van der Waals surface area (Å²) in [6, 6.07) is 1.97. The molecule has 1 aliphatic rings. The smallest absolute Gasteiger partial charge is 0.318 e. The standard InChI is InChI=1S/C12H12N2O2S/c1-16-11(15)12(3-4-12)10-14-9(7-17-10)8-2-5-13-6-8/h2,5-7,13H,3-4H2,1H3. The van der Waals surface area contributed by atoms with Gasteiger partial charge < -0.3 is 9.72 Å². The van der Waals surface area contributed by atoms with Gasteiger partial charge in [0.15, 0.2) is 0 Å². The molecule has 1 aliphatic carbocycles. The van der Waals surface area contributed by atoms with Gasteiger partial charge in [-0.1, -0.05) is 0 Å². The average molecular weight is 248 g/mol. The first-order valence-corrected chi connectivity index (χ1v) is 6.32. The number of hydrogen-bond donors (Lipinski definition) is 1. The van der Waals surface area contributed by atoms with Gasteiger partial charge in [0.05, 0.1) is 12.8 Å². The fraction of sp³-hybridized carbons (Fsp3) is 0.333. The molecule has 17 heavy (non-hydrogen) atoms. The fourth-order valence-electron chi connectivity index (χ4n) is 1.94. The van der Waals surface area contributed by atoms with Crippen LogP contribution in [-0.2, 0) is 14.9 Å². The number of esters is 1. The van der Waals surface area contributed by atoms with Crippen molar-refractivity contribution in [1.82, 2.24) is 9.97 Å². The van der Waals surface area contributed by atoms with Crippen LogP contribution in [-0.4, -0.2) is 23.0 Å². The molecule has 2 aromatic rings. The zero-order valence-corrected chi connectivity index (χ0v) is 10.2. The molecule has 4 nitrogen and oxygen atoms in total. The molecule has 2 aromatic heterocycles. The molecule has 1 saturated carbocycles. The van der Waals surface area contributed by atoms with E-state index in [9.17, 15) is 4.79 Å². The molecule has 0 spiro atoms. The maximum Gasteiger partial charge on any atom is 0.318 e. The number of rotatable bonds is 3. The van der Waals surface area contributed by atoms with Crippen molar-refractivity contribution in [1.29, 1.82) is 0 Å². The van der Waals surface area contributed by atoms with Gasteiger partial charge in [0.25, 0.3) is 0 Å². The second-order valence-corrected chi connectivity index (χ2v) is 5.07. The molecule has 5 heteroatoms. The van der Waals surface area contributed by atoms with E-state index in [1.165, 1.54) is 18.4 Å². The van der Waals surface area contributed by atoms with Gasteiger partial charge in [0, 0.05) is 23.3 Å². The molecule has 0 aromatic carbocycles. The van der Waals surface area contributed by atoms with Gasteiger partial charge in [-0.2, -0.15) is 0 Å². The highest BCUT2D eigenvalue weighted by Gasteiger charge is 2.55.